The van der Waals surface area contributed by atoms with Crippen LogP contribution in [0.15, 0.2) is 12.4 Å². The summed E-state index contributed by atoms with van der Waals surface area (Å²) in [6.07, 6.45) is 6.04. The molecule has 0 fully saturated rings. The van der Waals surface area contributed by atoms with Crippen molar-refractivity contribution >= 4 is 6.29 Å². The molecule has 0 unspecified atom stereocenters. The number of carbonyl (C=O) groups is 1. The fraction of sp³-hybridized carbons (Fsp3) is 0.500. The third kappa shape index (κ3) is 4.46. The Bertz CT molecular complexity index is 368. The first-order valence-corrected chi connectivity index (χ1v) is 5.20. The first-order chi connectivity index (χ1) is 7.22. The quantitative estimate of drug-likeness (QED) is 0.426. The molecule has 0 aliphatic rings. The lowest BCUT2D eigenvalue weighted by Crippen LogP contribution is -1.97. The van der Waals surface area contributed by atoms with E-state index < -0.39 is 0 Å². The topological polar surface area (TPSA) is 34.9 Å². The van der Waals surface area contributed by atoms with Crippen molar-refractivity contribution in [1.29, 1.82) is 0 Å². The zero-order valence-corrected chi connectivity index (χ0v) is 9.23. The van der Waals surface area contributed by atoms with Crippen molar-refractivity contribution < 1.29 is 4.79 Å². The normalized spacial score (nSPS) is 9.80. The highest BCUT2D eigenvalue weighted by atomic mass is 16.1. The Hall–Kier alpha value is -1.56. The van der Waals surface area contributed by atoms with E-state index in [2.05, 4.69) is 30.8 Å². The first kappa shape index (κ1) is 11.5. The van der Waals surface area contributed by atoms with Gasteiger partial charge in [0.1, 0.15) is 6.29 Å². The minimum absolute atomic E-state index is 0.378. The second-order valence-corrected chi connectivity index (χ2v) is 3.73. The standard InChI is InChI=1S/C12H16N2O/c1-11(2)5-6-12-9-13-14(10-12)7-3-4-8-15/h8-11H,3-4,7H2,1-2H3. The molecule has 0 N–H and O–H groups in total. The van der Waals surface area contributed by atoms with Crippen molar-refractivity contribution in [3.05, 3.63) is 18.0 Å². The van der Waals surface area contributed by atoms with E-state index in [9.17, 15) is 4.79 Å². The summed E-state index contributed by atoms with van der Waals surface area (Å²) >= 11 is 0. The number of aromatic nitrogens is 2. The average molecular weight is 204 g/mol. The highest BCUT2D eigenvalue weighted by Gasteiger charge is 1.95. The Labute approximate surface area is 90.5 Å². The maximum atomic E-state index is 10.1. The number of carbonyl (C=O) groups excluding carboxylic acids is 1. The minimum Gasteiger partial charge on any atom is -0.303 e. The van der Waals surface area contributed by atoms with E-state index in [4.69, 9.17) is 0 Å². The monoisotopic (exact) mass is 204 g/mol. The number of hydrogen-bond donors (Lipinski definition) is 0. The molecule has 1 aromatic heterocycles. The number of unbranched alkanes of at least 4 members (excludes halogenated alkanes) is 1. The van der Waals surface area contributed by atoms with Gasteiger partial charge in [-0.3, -0.25) is 4.68 Å². The smallest absolute Gasteiger partial charge is 0.120 e. The summed E-state index contributed by atoms with van der Waals surface area (Å²) in [5.74, 6) is 6.51. The summed E-state index contributed by atoms with van der Waals surface area (Å²) in [7, 11) is 0. The van der Waals surface area contributed by atoms with Crippen molar-refractivity contribution in [2.24, 2.45) is 5.92 Å². The highest BCUT2D eigenvalue weighted by molar-refractivity contribution is 5.48. The van der Waals surface area contributed by atoms with Gasteiger partial charge in [-0.05, 0) is 6.42 Å². The lowest BCUT2D eigenvalue weighted by atomic mass is 10.2. The molecule has 1 rings (SSSR count). The van der Waals surface area contributed by atoms with Gasteiger partial charge in [-0.1, -0.05) is 25.7 Å². The van der Waals surface area contributed by atoms with Gasteiger partial charge >= 0.3 is 0 Å². The maximum Gasteiger partial charge on any atom is 0.120 e. The van der Waals surface area contributed by atoms with Crippen molar-refractivity contribution in [3.8, 4) is 11.8 Å². The van der Waals surface area contributed by atoms with Gasteiger partial charge in [0.05, 0.1) is 11.8 Å². The lowest BCUT2D eigenvalue weighted by molar-refractivity contribution is -0.107. The number of hydrogen-bond acceptors (Lipinski definition) is 2. The zero-order valence-electron chi connectivity index (χ0n) is 9.23. The molecule has 80 valence electrons. The largest absolute Gasteiger partial charge is 0.303 e. The van der Waals surface area contributed by atoms with Crippen LogP contribution in [0.4, 0.5) is 0 Å². The van der Waals surface area contributed by atoms with Gasteiger partial charge in [-0.2, -0.15) is 5.10 Å². The number of aldehydes is 1. The molecule has 0 amide bonds. The number of nitrogens with zero attached hydrogens (tertiary/aromatic N) is 2. The maximum absolute atomic E-state index is 10.1. The van der Waals surface area contributed by atoms with Gasteiger partial charge in [-0.25, -0.2) is 0 Å². The second kappa shape index (κ2) is 6.02. The third-order valence-electron chi connectivity index (χ3n) is 1.85. The predicted molar refractivity (Wildman–Crippen MR) is 59.2 cm³/mol. The van der Waals surface area contributed by atoms with E-state index in [0.717, 1.165) is 24.8 Å². The van der Waals surface area contributed by atoms with Crippen LogP contribution in [0, 0.1) is 17.8 Å². The van der Waals surface area contributed by atoms with E-state index in [0.29, 0.717) is 12.3 Å². The van der Waals surface area contributed by atoms with Crippen LogP contribution < -0.4 is 0 Å². The molecule has 0 saturated carbocycles. The average Bonchev–Trinajstić information content (AvgIpc) is 2.63. The molecule has 0 aromatic carbocycles. The SMILES string of the molecule is CC(C)C#Cc1cnn(CCCC=O)c1. The predicted octanol–water partition coefficient (Wildman–Crippen LogP) is 1.87. The van der Waals surface area contributed by atoms with Gasteiger partial charge in [-0.15, -0.1) is 0 Å². The van der Waals surface area contributed by atoms with Gasteiger partial charge in [0.25, 0.3) is 0 Å². The van der Waals surface area contributed by atoms with Crippen LogP contribution in [0.25, 0.3) is 0 Å². The van der Waals surface area contributed by atoms with Crippen LogP contribution in [0.5, 0.6) is 0 Å². The van der Waals surface area contributed by atoms with E-state index in [1.54, 1.807) is 6.20 Å². The van der Waals surface area contributed by atoms with Gasteiger partial charge in [0.2, 0.25) is 0 Å². The Morgan fingerprint density at radius 3 is 3.07 bits per heavy atom. The van der Waals surface area contributed by atoms with Crippen molar-refractivity contribution in [1.82, 2.24) is 9.78 Å². The summed E-state index contributed by atoms with van der Waals surface area (Å²) in [6, 6.07) is 0. The molecule has 1 aromatic rings. The molecule has 3 heteroatoms. The molecule has 0 saturated heterocycles. The Morgan fingerprint density at radius 1 is 1.60 bits per heavy atom. The van der Waals surface area contributed by atoms with Gasteiger partial charge in [0.15, 0.2) is 0 Å². The molecule has 0 aliphatic carbocycles. The molecule has 1 heterocycles. The van der Waals surface area contributed by atoms with Crippen LogP contribution >= 0.6 is 0 Å². The second-order valence-electron chi connectivity index (χ2n) is 3.73. The van der Waals surface area contributed by atoms with Gasteiger partial charge < -0.3 is 4.79 Å². The van der Waals surface area contributed by atoms with E-state index >= 15 is 0 Å². The summed E-state index contributed by atoms with van der Waals surface area (Å²) in [4.78, 5) is 10.1. The fourth-order valence-electron chi connectivity index (χ4n) is 1.11. The summed E-state index contributed by atoms with van der Waals surface area (Å²) in [5.41, 5.74) is 0.940. The molecule has 0 atom stereocenters. The van der Waals surface area contributed by atoms with Crippen LogP contribution in [-0.2, 0) is 11.3 Å². The van der Waals surface area contributed by atoms with Crippen molar-refractivity contribution in [2.75, 3.05) is 0 Å². The molecule has 0 bridgehead atoms. The summed E-state index contributed by atoms with van der Waals surface area (Å²) in [6.45, 7) is 4.89. The lowest BCUT2D eigenvalue weighted by Gasteiger charge is -1.95. The molecule has 15 heavy (non-hydrogen) atoms. The van der Waals surface area contributed by atoms with Crippen LogP contribution in [0.3, 0.4) is 0 Å². The first-order valence-electron chi connectivity index (χ1n) is 5.20. The van der Waals surface area contributed by atoms with E-state index in [-0.39, 0.29) is 0 Å². The van der Waals surface area contributed by atoms with Crippen LogP contribution in [0.2, 0.25) is 0 Å². The number of rotatable bonds is 4. The third-order valence-corrected chi connectivity index (χ3v) is 1.85. The summed E-state index contributed by atoms with van der Waals surface area (Å²) in [5, 5.41) is 4.16. The molecule has 0 aliphatic heterocycles. The fourth-order valence-corrected chi connectivity index (χ4v) is 1.11. The molecule has 3 nitrogen and oxygen atoms in total. The van der Waals surface area contributed by atoms with Crippen molar-refractivity contribution in [2.45, 2.75) is 33.2 Å². The molecule has 0 radical (unpaired) electrons. The summed E-state index contributed by atoms with van der Waals surface area (Å²) < 4.78 is 1.83. The molecule has 0 spiro atoms. The van der Waals surface area contributed by atoms with Crippen LogP contribution in [-0.4, -0.2) is 16.1 Å². The molecular formula is C12H16N2O. The van der Waals surface area contributed by atoms with Crippen molar-refractivity contribution in [3.63, 3.8) is 0 Å². The Kier molecular flexibility index (Phi) is 4.62. The Balaban J connectivity index is 2.50. The minimum atomic E-state index is 0.378. The zero-order chi connectivity index (χ0) is 11.1. The highest BCUT2D eigenvalue weighted by Crippen LogP contribution is 1.98. The number of aryl methyl sites for hydroxylation is 1. The molecular weight excluding hydrogens is 188 g/mol. The van der Waals surface area contributed by atoms with Gasteiger partial charge in [0, 0.05) is 25.1 Å². The van der Waals surface area contributed by atoms with Crippen LogP contribution in [0.1, 0.15) is 32.3 Å². The Morgan fingerprint density at radius 2 is 2.40 bits per heavy atom. The van der Waals surface area contributed by atoms with E-state index in [1.807, 2.05) is 10.9 Å². The van der Waals surface area contributed by atoms with E-state index in [1.165, 1.54) is 0 Å².